The topological polar surface area (TPSA) is 36.4 Å². The molecule has 1 N–H and O–H groups in total. The van der Waals surface area contributed by atoms with Gasteiger partial charge in [0.15, 0.2) is 5.13 Å². The second-order valence-electron chi connectivity index (χ2n) is 6.85. The standard InChI is InChI=1S/C15H24N2OS/c1-4-17(9-10-5-6-10)14-16-11-7-15(2,3)8-12(18)13(11)19-14/h10,12,18H,4-9H2,1-3H3. The molecule has 0 amide bonds. The first-order valence-corrected chi connectivity index (χ1v) is 8.23. The Morgan fingerprint density at radius 2 is 2.16 bits per heavy atom. The molecule has 4 heteroatoms. The van der Waals surface area contributed by atoms with Crippen LogP contribution in [-0.4, -0.2) is 23.2 Å². The fraction of sp³-hybridized carbons (Fsp3) is 0.800. The summed E-state index contributed by atoms with van der Waals surface area (Å²) >= 11 is 1.71. The summed E-state index contributed by atoms with van der Waals surface area (Å²) in [6.07, 6.45) is 4.28. The van der Waals surface area contributed by atoms with Crippen molar-refractivity contribution in [3.05, 3.63) is 10.6 Å². The number of thiazole rings is 1. The van der Waals surface area contributed by atoms with Crippen LogP contribution in [0.25, 0.3) is 0 Å². The third-order valence-electron chi connectivity index (χ3n) is 4.24. The smallest absolute Gasteiger partial charge is 0.185 e. The van der Waals surface area contributed by atoms with Crippen molar-refractivity contribution < 1.29 is 5.11 Å². The van der Waals surface area contributed by atoms with Crippen molar-refractivity contribution in [1.29, 1.82) is 0 Å². The van der Waals surface area contributed by atoms with Crippen LogP contribution >= 0.6 is 11.3 Å². The second kappa shape index (κ2) is 4.74. The zero-order valence-corrected chi connectivity index (χ0v) is 13.0. The molecule has 1 aromatic heterocycles. The normalized spacial score (nSPS) is 25.2. The average molecular weight is 280 g/mol. The summed E-state index contributed by atoms with van der Waals surface area (Å²) < 4.78 is 0. The van der Waals surface area contributed by atoms with Crippen molar-refractivity contribution in [1.82, 2.24) is 4.98 Å². The summed E-state index contributed by atoms with van der Waals surface area (Å²) in [6, 6.07) is 0. The van der Waals surface area contributed by atoms with Crippen LogP contribution in [0.5, 0.6) is 0 Å². The monoisotopic (exact) mass is 280 g/mol. The Morgan fingerprint density at radius 1 is 1.42 bits per heavy atom. The summed E-state index contributed by atoms with van der Waals surface area (Å²) in [6.45, 7) is 8.80. The molecule has 2 aliphatic carbocycles. The van der Waals surface area contributed by atoms with E-state index in [4.69, 9.17) is 4.98 Å². The van der Waals surface area contributed by atoms with Crippen LogP contribution in [0.2, 0.25) is 0 Å². The highest BCUT2D eigenvalue weighted by atomic mass is 32.1. The number of aromatic nitrogens is 1. The summed E-state index contributed by atoms with van der Waals surface area (Å²) in [5.74, 6) is 0.877. The zero-order valence-electron chi connectivity index (χ0n) is 12.1. The van der Waals surface area contributed by atoms with Gasteiger partial charge < -0.3 is 10.0 Å². The summed E-state index contributed by atoms with van der Waals surface area (Å²) in [4.78, 5) is 8.34. The fourth-order valence-electron chi connectivity index (χ4n) is 2.97. The van der Waals surface area contributed by atoms with Crippen LogP contribution in [0.3, 0.4) is 0 Å². The van der Waals surface area contributed by atoms with Crippen LogP contribution in [0.1, 0.15) is 56.7 Å². The molecule has 3 nitrogen and oxygen atoms in total. The fourth-order valence-corrected chi connectivity index (χ4v) is 4.11. The van der Waals surface area contributed by atoms with Gasteiger partial charge in [0.05, 0.1) is 16.7 Å². The molecule has 1 heterocycles. The van der Waals surface area contributed by atoms with E-state index in [0.29, 0.717) is 0 Å². The third-order valence-corrected chi connectivity index (χ3v) is 5.50. The molecule has 1 atom stereocenters. The third kappa shape index (κ3) is 2.79. The minimum absolute atomic E-state index is 0.172. The molecule has 1 unspecified atom stereocenters. The Bertz CT molecular complexity index is 465. The van der Waals surface area contributed by atoms with E-state index in [1.807, 2.05) is 0 Å². The molecule has 0 saturated heterocycles. The first-order valence-electron chi connectivity index (χ1n) is 7.41. The van der Waals surface area contributed by atoms with Crippen molar-refractivity contribution >= 4 is 16.5 Å². The van der Waals surface area contributed by atoms with Crippen molar-refractivity contribution in [3.63, 3.8) is 0 Å². The maximum absolute atomic E-state index is 10.3. The van der Waals surface area contributed by atoms with E-state index in [0.717, 1.165) is 47.6 Å². The molecular weight excluding hydrogens is 256 g/mol. The van der Waals surface area contributed by atoms with Crippen molar-refractivity contribution in [2.75, 3.05) is 18.0 Å². The van der Waals surface area contributed by atoms with Gasteiger partial charge in [-0.15, -0.1) is 0 Å². The van der Waals surface area contributed by atoms with E-state index in [-0.39, 0.29) is 11.5 Å². The van der Waals surface area contributed by atoms with Gasteiger partial charge in [0, 0.05) is 13.1 Å². The number of aliphatic hydroxyl groups is 1. The molecule has 0 bridgehead atoms. The molecule has 3 rings (SSSR count). The summed E-state index contributed by atoms with van der Waals surface area (Å²) in [5.41, 5.74) is 1.31. The van der Waals surface area contributed by atoms with Gasteiger partial charge in [0.2, 0.25) is 0 Å². The van der Waals surface area contributed by atoms with Crippen LogP contribution in [0.4, 0.5) is 5.13 Å². The Kier molecular flexibility index (Phi) is 3.34. The first kappa shape index (κ1) is 13.4. The van der Waals surface area contributed by atoms with Gasteiger partial charge in [0.25, 0.3) is 0 Å². The van der Waals surface area contributed by atoms with E-state index in [9.17, 15) is 5.11 Å². The van der Waals surface area contributed by atoms with Crippen LogP contribution in [-0.2, 0) is 6.42 Å². The SMILES string of the molecule is CCN(CC1CC1)c1nc2c(s1)C(O)CC(C)(C)C2. The van der Waals surface area contributed by atoms with E-state index in [1.165, 1.54) is 12.8 Å². The van der Waals surface area contributed by atoms with Crippen molar-refractivity contribution in [2.45, 2.75) is 52.6 Å². The zero-order chi connectivity index (χ0) is 13.6. The number of rotatable bonds is 4. The van der Waals surface area contributed by atoms with Gasteiger partial charge in [-0.3, -0.25) is 0 Å². The largest absolute Gasteiger partial charge is 0.387 e. The Morgan fingerprint density at radius 3 is 2.79 bits per heavy atom. The molecule has 106 valence electrons. The van der Waals surface area contributed by atoms with E-state index in [1.54, 1.807) is 11.3 Å². The lowest BCUT2D eigenvalue weighted by atomic mass is 9.77. The second-order valence-corrected chi connectivity index (χ2v) is 7.86. The first-order chi connectivity index (χ1) is 8.98. The van der Waals surface area contributed by atoms with E-state index >= 15 is 0 Å². The molecular formula is C15H24N2OS. The lowest BCUT2D eigenvalue weighted by Crippen LogP contribution is -2.25. The average Bonchev–Trinajstić information content (AvgIpc) is 3.04. The maximum atomic E-state index is 10.3. The summed E-state index contributed by atoms with van der Waals surface area (Å²) in [7, 11) is 0. The lowest BCUT2D eigenvalue weighted by molar-refractivity contribution is 0.102. The van der Waals surface area contributed by atoms with E-state index < -0.39 is 0 Å². The quantitative estimate of drug-likeness (QED) is 0.918. The lowest BCUT2D eigenvalue weighted by Gasteiger charge is -2.31. The van der Waals surface area contributed by atoms with Crippen molar-refractivity contribution in [3.8, 4) is 0 Å². The molecule has 0 spiro atoms. The van der Waals surface area contributed by atoms with Gasteiger partial charge in [-0.2, -0.15) is 0 Å². The number of hydrogen-bond acceptors (Lipinski definition) is 4. The molecule has 0 radical (unpaired) electrons. The molecule has 1 fully saturated rings. The van der Waals surface area contributed by atoms with Gasteiger partial charge in [-0.05, 0) is 43.9 Å². The predicted octanol–water partition coefficient (Wildman–Crippen LogP) is 3.39. The highest BCUT2D eigenvalue weighted by Crippen LogP contribution is 2.45. The van der Waals surface area contributed by atoms with Gasteiger partial charge in [0.1, 0.15) is 0 Å². The Hall–Kier alpha value is -0.610. The van der Waals surface area contributed by atoms with Crippen LogP contribution < -0.4 is 4.90 Å². The number of fused-ring (bicyclic) bond motifs is 1. The molecule has 2 aliphatic rings. The molecule has 1 aromatic rings. The number of nitrogens with zero attached hydrogens (tertiary/aromatic N) is 2. The number of hydrogen-bond donors (Lipinski definition) is 1. The van der Waals surface area contributed by atoms with Crippen LogP contribution in [0, 0.1) is 11.3 Å². The maximum Gasteiger partial charge on any atom is 0.185 e. The Labute approximate surface area is 119 Å². The number of aliphatic hydroxyl groups excluding tert-OH is 1. The Balaban J connectivity index is 1.84. The minimum Gasteiger partial charge on any atom is -0.387 e. The minimum atomic E-state index is -0.315. The molecule has 1 saturated carbocycles. The molecule has 19 heavy (non-hydrogen) atoms. The van der Waals surface area contributed by atoms with Gasteiger partial charge in [-0.25, -0.2) is 4.98 Å². The van der Waals surface area contributed by atoms with Crippen LogP contribution in [0.15, 0.2) is 0 Å². The number of anilines is 1. The van der Waals surface area contributed by atoms with Gasteiger partial charge in [-0.1, -0.05) is 25.2 Å². The van der Waals surface area contributed by atoms with Gasteiger partial charge >= 0.3 is 0 Å². The highest BCUT2D eigenvalue weighted by Gasteiger charge is 2.35. The predicted molar refractivity (Wildman–Crippen MR) is 79.8 cm³/mol. The molecule has 0 aliphatic heterocycles. The highest BCUT2D eigenvalue weighted by molar-refractivity contribution is 7.15. The van der Waals surface area contributed by atoms with Crippen molar-refractivity contribution in [2.24, 2.45) is 11.3 Å². The van der Waals surface area contributed by atoms with E-state index in [2.05, 4.69) is 25.7 Å². The summed E-state index contributed by atoms with van der Waals surface area (Å²) in [5, 5.41) is 11.4. The molecule has 0 aromatic carbocycles.